The molecule has 0 amide bonds. The first-order valence-corrected chi connectivity index (χ1v) is 9.08. The van der Waals surface area contributed by atoms with Gasteiger partial charge in [0.05, 0.1) is 31.2 Å². The van der Waals surface area contributed by atoms with Gasteiger partial charge in [0.25, 0.3) is 0 Å². The van der Waals surface area contributed by atoms with E-state index in [9.17, 15) is 4.79 Å². The molecule has 1 saturated heterocycles. The van der Waals surface area contributed by atoms with Crippen LogP contribution in [0.25, 0.3) is 11.3 Å². The van der Waals surface area contributed by atoms with Gasteiger partial charge in [-0.15, -0.1) is 0 Å². The van der Waals surface area contributed by atoms with Crippen molar-refractivity contribution in [1.29, 1.82) is 0 Å². The Labute approximate surface area is 151 Å². The van der Waals surface area contributed by atoms with Crippen LogP contribution in [0.4, 0.5) is 0 Å². The summed E-state index contributed by atoms with van der Waals surface area (Å²) in [5, 5.41) is 0.631. The number of nitrogens with zero attached hydrogens (tertiary/aromatic N) is 3. The largest absolute Gasteiger partial charge is 0.462 e. The Balaban J connectivity index is 1.99. The highest BCUT2D eigenvalue weighted by Gasteiger charge is 2.22. The minimum absolute atomic E-state index is 0.316. The minimum Gasteiger partial charge on any atom is -0.462 e. The summed E-state index contributed by atoms with van der Waals surface area (Å²) in [7, 11) is 0. The van der Waals surface area contributed by atoms with Crippen LogP contribution in [0.5, 0.6) is 0 Å². The van der Waals surface area contributed by atoms with Crippen molar-refractivity contribution in [2.45, 2.75) is 19.0 Å². The normalized spacial score (nSPS) is 15.1. The molecule has 2 heterocycles. The quantitative estimate of drug-likeness (QED) is 0.462. The summed E-state index contributed by atoms with van der Waals surface area (Å²) in [5.41, 5.74) is 2.55. The number of ether oxygens (including phenoxy) is 2. The molecule has 6 nitrogen and oxygen atoms in total. The molecule has 7 heteroatoms. The van der Waals surface area contributed by atoms with Gasteiger partial charge in [-0.1, -0.05) is 30.3 Å². The van der Waals surface area contributed by atoms with E-state index in [1.165, 1.54) is 11.9 Å². The van der Waals surface area contributed by atoms with Crippen LogP contribution in [0.3, 0.4) is 0 Å². The van der Waals surface area contributed by atoms with Gasteiger partial charge < -0.3 is 9.47 Å². The molecule has 0 aliphatic carbocycles. The van der Waals surface area contributed by atoms with E-state index in [-0.39, 0.29) is 5.97 Å². The summed E-state index contributed by atoms with van der Waals surface area (Å²) in [6, 6.07) is 9.67. The fourth-order valence-corrected chi connectivity index (χ4v) is 3.47. The van der Waals surface area contributed by atoms with Crippen LogP contribution in [0.2, 0.25) is 0 Å². The molecule has 0 unspecified atom stereocenters. The van der Waals surface area contributed by atoms with Crippen molar-refractivity contribution in [2.24, 2.45) is 0 Å². The Morgan fingerprint density at radius 1 is 1.24 bits per heavy atom. The van der Waals surface area contributed by atoms with Gasteiger partial charge in [0.15, 0.2) is 0 Å². The number of hydrogen-bond acceptors (Lipinski definition) is 7. The maximum absolute atomic E-state index is 12.4. The standard InChI is InChI=1S/C18H21N3O3S/c1-3-24-17(22)15-13(2)19-18(25-21-9-11-23-12-10-21)20-16(15)14-7-5-4-6-8-14/h4-8H,3,9-12H2,1-2H3. The number of rotatable bonds is 5. The van der Waals surface area contributed by atoms with Gasteiger partial charge in [-0.05, 0) is 25.8 Å². The van der Waals surface area contributed by atoms with Crippen molar-refractivity contribution < 1.29 is 14.3 Å². The molecular formula is C18H21N3O3S. The van der Waals surface area contributed by atoms with E-state index in [1.807, 2.05) is 37.3 Å². The van der Waals surface area contributed by atoms with Gasteiger partial charge in [-0.25, -0.2) is 19.1 Å². The second-order valence-electron chi connectivity index (χ2n) is 5.53. The smallest absolute Gasteiger partial charge is 0.342 e. The van der Waals surface area contributed by atoms with Crippen molar-refractivity contribution in [3.63, 3.8) is 0 Å². The second-order valence-corrected chi connectivity index (χ2v) is 6.60. The van der Waals surface area contributed by atoms with Gasteiger partial charge in [-0.3, -0.25) is 0 Å². The van der Waals surface area contributed by atoms with E-state index < -0.39 is 0 Å². The Bertz CT molecular complexity index is 734. The molecule has 1 aromatic carbocycles. The fourth-order valence-electron chi connectivity index (χ4n) is 2.59. The summed E-state index contributed by atoms with van der Waals surface area (Å²) in [5.74, 6) is -0.387. The average molecular weight is 359 g/mol. The van der Waals surface area contributed by atoms with Crippen LogP contribution in [0.15, 0.2) is 35.5 Å². The monoisotopic (exact) mass is 359 g/mol. The molecule has 1 aliphatic heterocycles. The molecular weight excluding hydrogens is 338 g/mol. The third kappa shape index (κ3) is 4.36. The number of aryl methyl sites for hydroxylation is 1. The van der Waals surface area contributed by atoms with Crippen molar-refractivity contribution >= 4 is 17.9 Å². The number of hydrogen-bond donors (Lipinski definition) is 0. The topological polar surface area (TPSA) is 64.5 Å². The summed E-state index contributed by atoms with van der Waals surface area (Å²) in [4.78, 5) is 21.6. The van der Waals surface area contributed by atoms with Crippen molar-refractivity contribution in [1.82, 2.24) is 14.3 Å². The third-order valence-electron chi connectivity index (χ3n) is 3.78. The Kier molecular flexibility index (Phi) is 6.01. The molecule has 132 valence electrons. The highest BCUT2D eigenvalue weighted by molar-refractivity contribution is 7.96. The van der Waals surface area contributed by atoms with Gasteiger partial charge in [0.2, 0.25) is 5.16 Å². The lowest BCUT2D eigenvalue weighted by Gasteiger charge is -2.24. The van der Waals surface area contributed by atoms with Crippen LogP contribution in [0.1, 0.15) is 23.0 Å². The van der Waals surface area contributed by atoms with Crippen molar-refractivity contribution in [3.05, 3.63) is 41.6 Å². The second kappa shape index (κ2) is 8.42. The number of esters is 1. The van der Waals surface area contributed by atoms with E-state index in [1.54, 1.807) is 6.92 Å². The first-order chi connectivity index (χ1) is 12.2. The van der Waals surface area contributed by atoms with Crippen LogP contribution in [0, 0.1) is 6.92 Å². The summed E-state index contributed by atoms with van der Waals surface area (Å²) in [6.45, 7) is 7.00. The van der Waals surface area contributed by atoms with Crippen LogP contribution < -0.4 is 0 Å². The molecule has 0 atom stereocenters. The van der Waals surface area contributed by atoms with E-state index in [0.717, 1.165) is 18.7 Å². The lowest BCUT2D eigenvalue weighted by molar-refractivity contribution is 0.0525. The number of carbonyl (C=O) groups excluding carboxylic acids is 1. The highest BCUT2D eigenvalue weighted by atomic mass is 32.2. The van der Waals surface area contributed by atoms with Crippen LogP contribution in [-0.4, -0.2) is 53.2 Å². The summed E-state index contributed by atoms with van der Waals surface area (Å²) < 4.78 is 12.8. The Morgan fingerprint density at radius 3 is 2.64 bits per heavy atom. The van der Waals surface area contributed by atoms with E-state index in [4.69, 9.17) is 9.47 Å². The van der Waals surface area contributed by atoms with Crippen LogP contribution >= 0.6 is 11.9 Å². The zero-order chi connectivity index (χ0) is 17.6. The maximum atomic E-state index is 12.4. The Hall–Kier alpha value is -1.96. The number of carbonyl (C=O) groups is 1. The number of morpholine rings is 1. The predicted octanol–water partition coefficient (Wildman–Crippen LogP) is 2.97. The molecule has 2 aromatic rings. The van der Waals surface area contributed by atoms with Gasteiger partial charge in [0.1, 0.15) is 5.56 Å². The van der Waals surface area contributed by atoms with Gasteiger partial charge in [-0.2, -0.15) is 0 Å². The fraction of sp³-hybridized carbons (Fsp3) is 0.389. The van der Waals surface area contributed by atoms with Gasteiger partial charge in [0, 0.05) is 18.7 Å². The number of aromatic nitrogens is 2. The SMILES string of the molecule is CCOC(=O)c1c(C)nc(SN2CCOCC2)nc1-c1ccccc1. The molecule has 0 N–H and O–H groups in total. The molecule has 3 rings (SSSR count). The molecule has 1 aromatic heterocycles. The van der Waals surface area contributed by atoms with Crippen molar-refractivity contribution in [2.75, 3.05) is 32.9 Å². The van der Waals surface area contributed by atoms with Crippen LogP contribution in [-0.2, 0) is 9.47 Å². The molecule has 0 spiro atoms. The Morgan fingerprint density at radius 2 is 1.96 bits per heavy atom. The molecule has 1 fully saturated rings. The molecule has 0 bridgehead atoms. The molecule has 0 radical (unpaired) electrons. The molecule has 25 heavy (non-hydrogen) atoms. The third-order valence-corrected chi connectivity index (χ3v) is 4.75. The summed E-state index contributed by atoms with van der Waals surface area (Å²) in [6.07, 6.45) is 0. The predicted molar refractivity (Wildman–Crippen MR) is 96.4 cm³/mol. The molecule has 1 aliphatic rings. The number of benzene rings is 1. The molecule has 0 saturated carbocycles. The van der Waals surface area contributed by atoms with Gasteiger partial charge >= 0.3 is 5.97 Å². The highest BCUT2D eigenvalue weighted by Crippen LogP contribution is 2.28. The van der Waals surface area contributed by atoms with Crippen molar-refractivity contribution in [3.8, 4) is 11.3 Å². The minimum atomic E-state index is -0.387. The zero-order valence-electron chi connectivity index (χ0n) is 14.4. The summed E-state index contributed by atoms with van der Waals surface area (Å²) >= 11 is 1.50. The lowest BCUT2D eigenvalue weighted by atomic mass is 10.0. The van der Waals surface area contributed by atoms with E-state index in [2.05, 4.69) is 14.3 Å². The van der Waals surface area contributed by atoms with E-state index >= 15 is 0 Å². The first-order valence-electron chi connectivity index (χ1n) is 8.31. The van der Waals surface area contributed by atoms with E-state index in [0.29, 0.717) is 41.9 Å². The maximum Gasteiger partial charge on any atom is 0.342 e. The average Bonchev–Trinajstić information content (AvgIpc) is 2.63. The zero-order valence-corrected chi connectivity index (χ0v) is 15.2. The first kappa shape index (κ1) is 17.8. The lowest BCUT2D eigenvalue weighted by Crippen LogP contribution is -2.31.